The summed E-state index contributed by atoms with van der Waals surface area (Å²) in [6.45, 7) is 3.73. The predicted octanol–water partition coefficient (Wildman–Crippen LogP) is 4.10. The summed E-state index contributed by atoms with van der Waals surface area (Å²) in [6.07, 6.45) is 5.30. The standard InChI is InChI=1S/C27H28N4O3/c1-19-9-10-21(17-29-19)34-25-22(8-5-13-28-25)26(33)31-14-11-27(12-15-31)16-24(32)30-18-23(27)20-6-3-2-4-7-20/h2-10,13,17,23H,11-12,14-16,18H2,1H3,(H,30,32). The molecule has 1 unspecified atom stereocenters. The van der Waals surface area contributed by atoms with Crippen molar-refractivity contribution in [3.63, 3.8) is 0 Å². The normalized spacial score (nSPS) is 19.5. The van der Waals surface area contributed by atoms with Gasteiger partial charge in [0.15, 0.2) is 0 Å². The van der Waals surface area contributed by atoms with Crippen LogP contribution in [0.25, 0.3) is 0 Å². The van der Waals surface area contributed by atoms with Gasteiger partial charge < -0.3 is 15.0 Å². The Hall–Kier alpha value is -3.74. The highest BCUT2D eigenvalue weighted by Crippen LogP contribution is 2.49. The molecule has 2 fully saturated rings. The summed E-state index contributed by atoms with van der Waals surface area (Å²) in [7, 11) is 0. The van der Waals surface area contributed by atoms with Gasteiger partial charge in [-0.15, -0.1) is 0 Å². The van der Waals surface area contributed by atoms with Gasteiger partial charge in [-0.25, -0.2) is 4.98 Å². The molecule has 0 saturated carbocycles. The summed E-state index contributed by atoms with van der Waals surface area (Å²) < 4.78 is 5.90. The van der Waals surface area contributed by atoms with Gasteiger partial charge in [0.1, 0.15) is 11.3 Å². The molecule has 7 nitrogen and oxygen atoms in total. The number of likely N-dealkylation sites (tertiary alicyclic amines) is 1. The molecule has 1 atom stereocenters. The largest absolute Gasteiger partial charge is 0.437 e. The number of amides is 2. The number of hydrogen-bond donors (Lipinski definition) is 1. The lowest BCUT2D eigenvalue weighted by Crippen LogP contribution is -2.52. The molecule has 0 bridgehead atoms. The Kier molecular flexibility index (Phi) is 6.01. The van der Waals surface area contributed by atoms with E-state index in [2.05, 4.69) is 27.4 Å². The molecule has 2 aromatic heterocycles. The summed E-state index contributed by atoms with van der Waals surface area (Å²) in [5.74, 6) is 1.05. The van der Waals surface area contributed by atoms with Gasteiger partial charge in [0, 0.05) is 43.9 Å². The van der Waals surface area contributed by atoms with Crippen molar-refractivity contribution < 1.29 is 14.3 Å². The molecule has 174 valence electrons. The number of carbonyl (C=O) groups is 2. The zero-order valence-electron chi connectivity index (χ0n) is 19.2. The topological polar surface area (TPSA) is 84.4 Å². The lowest BCUT2D eigenvalue weighted by Gasteiger charge is -2.49. The molecule has 2 amide bonds. The molecule has 0 radical (unpaired) electrons. The van der Waals surface area contributed by atoms with E-state index in [1.807, 2.05) is 42.2 Å². The lowest BCUT2D eigenvalue weighted by atomic mass is 9.62. The van der Waals surface area contributed by atoms with Gasteiger partial charge >= 0.3 is 0 Å². The second-order valence-electron chi connectivity index (χ2n) is 9.19. The van der Waals surface area contributed by atoms with Gasteiger partial charge in [-0.1, -0.05) is 30.3 Å². The predicted molar refractivity (Wildman–Crippen MR) is 128 cm³/mol. The maximum Gasteiger partial charge on any atom is 0.259 e. The number of pyridine rings is 2. The van der Waals surface area contributed by atoms with Crippen LogP contribution in [-0.4, -0.2) is 46.3 Å². The summed E-state index contributed by atoms with van der Waals surface area (Å²) >= 11 is 0. The van der Waals surface area contributed by atoms with E-state index in [-0.39, 0.29) is 29.0 Å². The van der Waals surface area contributed by atoms with Crippen molar-refractivity contribution >= 4 is 11.8 Å². The Morgan fingerprint density at radius 1 is 1.06 bits per heavy atom. The monoisotopic (exact) mass is 456 g/mol. The van der Waals surface area contributed by atoms with E-state index in [0.29, 0.717) is 37.4 Å². The van der Waals surface area contributed by atoms with Crippen molar-refractivity contribution in [2.75, 3.05) is 19.6 Å². The minimum Gasteiger partial charge on any atom is -0.437 e. The number of carbonyl (C=O) groups excluding carboxylic acids is 2. The van der Waals surface area contributed by atoms with E-state index in [9.17, 15) is 9.59 Å². The number of nitrogens with one attached hydrogen (secondary N) is 1. The first-order valence-corrected chi connectivity index (χ1v) is 11.7. The van der Waals surface area contributed by atoms with Crippen LogP contribution in [0.3, 0.4) is 0 Å². The van der Waals surface area contributed by atoms with Gasteiger partial charge in [-0.3, -0.25) is 14.6 Å². The van der Waals surface area contributed by atoms with Gasteiger partial charge in [0.05, 0.1) is 6.20 Å². The van der Waals surface area contributed by atoms with Crippen LogP contribution in [0, 0.1) is 12.3 Å². The quantitative estimate of drug-likeness (QED) is 0.639. The first-order chi connectivity index (χ1) is 16.5. The Morgan fingerprint density at radius 3 is 2.59 bits per heavy atom. The average Bonchev–Trinajstić information content (AvgIpc) is 2.86. The van der Waals surface area contributed by atoms with Gasteiger partial charge in [0.2, 0.25) is 11.8 Å². The molecule has 5 rings (SSSR count). The molecule has 3 aromatic rings. The van der Waals surface area contributed by atoms with E-state index in [1.165, 1.54) is 5.56 Å². The van der Waals surface area contributed by atoms with Crippen molar-refractivity contribution in [3.8, 4) is 11.6 Å². The minimum atomic E-state index is -0.137. The number of aromatic nitrogens is 2. The number of nitrogens with zero attached hydrogens (tertiary/aromatic N) is 3. The molecular formula is C27H28N4O3. The average molecular weight is 457 g/mol. The number of aryl methyl sites for hydroxylation is 1. The third-order valence-corrected chi connectivity index (χ3v) is 7.10. The van der Waals surface area contributed by atoms with Gasteiger partial charge in [0.25, 0.3) is 5.91 Å². The summed E-state index contributed by atoms with van der Waals surface area (Å²) in [6, 6.07) is 17.5. The van der Waals surface area contributed by atoms with Crippen LogP contribution in [-0.2, 0) is 4.79 Å². The Balaban J connectivity index is 1.33. The van der Waals surface area contributed by atoms with E-state index >= 15 is 0 Å². The molecule has 2 saturated heterocycles. The van der Waals surface area contributed by atoms with E-state index in [4.69, 9.17) is 4.74 Å². The fourth-order valence-corrected chi connectivity index (χ4v) is 5.21. The fraction of sp³-hybridized carbons (Fsp3) is 0.333. The first kappa shape index (κ1) is 22.1. The molecule has 7 heteroatoms. The van der Waals surface area contributed by atoms with Crippen molar-refractivity contribution in [3.05, 3.63) is 83.8 Å². The molecule has 2 aliphatic heterocycles. The number of hydrogen-bond acceptors (Lipinski definition) is 5. The zero-order chi connectivity index (χ0) is 23.5. The van der Waals surface area contributed by atoms with Crippen molar-refractivity contribution in [1.29, 1.82) is 0 Å². The fourth-order valence-electron chi connectivity index (χ4n) is 5.21. The highest BCUT2D eigenvalue weighted by Gasteiger charge is 2.46. The van der Waals surface area contributed by atoms with E-state index < -0.39 is 0 Å². The Bertz CT molecular complexity index is 1170. The molecule has 34 heavy (non-hydrogen) atoms. The molecule has 1 spiro atoms. The second kappa shape index (κ2) is 9.25. The third-order valence-electron chi connectivity index (χ3n) is 7.10. The van der Waals surface area contributed by atoms with E-state index in [1.54, 1.807) is 24.5 Å². The summed E-state index contributed by atoms with van der Waals surface area (Å²) in [5, 5.41) is 3.05. The highest BCUT2D eigenvalue weighted by molar-refractivity contribution is 5.96. The molecule has 2 aliphatic rings. The van der Waals surface area contributed by atoms with Crippen LogP contribution in [0.15, 0.2) is 67.0 Å². The second-order valence-corrected chi connectivity index (χ2v) is 9.19. The smallest absolute Gasteiger partial charge is 0.259 e. The molecule has 4 heterocycles. The molecule has 0 aliphatic carbocycles. The van der Waals surface area contributed by atoms with Crippen LogP contribution in [0.1, 0.15) is 46.8 Å². The minimum absolute atomic E-state index is 0.0987. The Morgan fingerprint density at radius 2 is 1.85 bits per heavy atom. The first-order valence-electron chi connectivity index (χ1n) is 11.7. The van der Waals surface area contributed by atoms with Crippen molar-refractivity contribution in [2.24, 2.45) is 5.41 Å². The lowest BCUT2D eigenvalue weighted by molar-refractivity contribution is -0.127. The van der Waals surface area contributed by atoms with Crippen LogP contribution in [0.5, 0.6) is 11.6 Å². The maximum atomic E-state index is 13.5. The molecule has 1 N–H and O–H groups in total. The number of benzene rings is 1. The zero-order valence-corrected chi connectivity index (χ0v) is 19.2. The van der Waals surface area contributed by atoms with Crippen molar-refractivity contribution in [1.82, 2.24) is 20.2 Å². The van der Waals surface area contributed by atoms with Crippen LogP contribution in [0.2, 0.25) is 0 Å². The molecule has 1 aromatic carbocycles. The summed E-state index contributed by atoms with van der Waals surface area (Å²) in [4.78, 5) is 36.2. The third kappa shape index (κ3) is 4.38. The van der Waals surface area contributed by atoms with Gasteiger partial charge in [-0.2, -0.15) is 0 Å². The number of rotatable bonds is 4. The number of ether oxygens (including phenoxy) is 1. The van der Waals surface area contributed by atoms with Crippen LogP contribution < -0.4 is 10.1 Å². The highest BCUT2D eigenvalue weighted by atomic mass is 16.5. The van der Waals surface area contributed by atoms with Crippen LogP contribution >= 0.6 is 0 Å². The SMILES string of the molecule is Cc1ccc(Oc2ncccc2C(=O)N2CCC3(CC2)CC(=O)NCC3c2ccccc2)cn1. The van der Waals surface area contributed by atoms with Crippen LogP contribution in [0.4, 0.5) is 0 Å². The molecular weight excluding hydrogens is 428 g/mol. The maximum absolute atomic E-state index is 13.5. The number of piperidine rings is 2. The summed E-state index contributed by atoms with van der Waals surface area (Å²) in [5.41, 5.74) is 2.43. The van der Waals surface area contributed by atoms with Gasteiger partial charge in [-0.05, 0) is 55.0 Å². The Labute approximate surface area is 199 Å². The van der Waals surface area contributed by atoms with E-state index in [0.717, 1.165) is 18.5 Å². The van der Waals surface area contributed by atoms with Crippen molar-refractivity contribution in [2.45, 2.75) is 32.1 Å².